The summed E-state index contributed by atoms with van der Waals surface area (Å²) in [7, 11) is 0. The standard InChI is InChI=1S/C14H8NO/c16-11-14-10-13(8-9-15-14)7-6-12-4-2-1-3-5-12/h1-5,8-10H. The Morgan fingerprint density at radius 3 is 2.44 bits per heavy atom. The van der Waals surface area contributed by atoms with Gasteiger partial charge in [0.1, 0.15) is 5.69 Å². The fourth-order valence-electron chi connectivity index (χ4n) is 1.23. The monoisotopic (exact) mass is 206 g/mol. The highest BCUT2D eigenvalue weighted by Gasteiger charge is 1.93. The van der Waals surface area contributed by atoms with Crippen molar-refractivity contribution in [2.24, 2.45) is 0 Å². The van der Waals surface area contributed by atoms with Crippen molar-refractivity contribution >= 4 is 6.29 Å². The van der Waals surface area contributed by atoms with E-state index in [4.69, 9.17) is 0 Å². The normalized spacial score (nSPS) is 9.00. The smallest absolute Gasteiger partial charge is 0.253 e. The minimum absolute atomic E-state index is 0.278. The summed E-state index contributed by atoms with van der Waals surface area (Å²) in [5, 5.41) is 0. The SMILES string of the molecule is O=[C]c1cc(C#Cc2ccccc2)ccn1. The van der Waals surface area contributed by atoms with Crippen LogP contribution in [0.1, 0.15) is 16.8 Å². The van der Waals surface area contributed by atoms with Crippen LogP contribution in [0.2, 0.25) is 0 Å². The molecule has 16 heavy (non-hydrogen) atoms. The van der Waals surface area contributed by atoms with Crippen molar-refractivity contribution < 1.29 is 4.79 Å². The van der Waals surface area contributed by atoms with E-state index in [9.17, 15) is 4.79 Å². The Hall–Kier alpha value is -2.40. The summed E-state index contributed by atoms with van der Waals surface area (Å²) in [6.45, 7) is 0. The molecule has 0 N–H and O–H groups in total. The molecule has 75 valence electrons. The largest absolute Gasteiger partial charge is 0.283 e. The minimum Gasteiger partial charge on any atom is -0.283 e. The Kier molecular flexibility index (Phi) is 3.10. The topological polar surface area (TPSA) is 30.0 Å². The van der Waals surface area contributed by atoms with E-state index >= 15 is 0 Å². The van der Waals surface area contributed by atoms with E-state index in [1.54, 1.807) is 24.6 Å². The Balaban J connectivity index is 2.27. The van der Waals surface area contributed by atoms with E-state index in [1.165, 1.54) is 0 Å². The maximum Gasteiger partial charge on any atom is 0.253 e. The van der Waals surface area contributed by atoms with Gasteiger partial charge in [-0.15, -0.1) is 0 Å². The summed E-state index contributed by atoms with van der Waals surface area (Å²) in [5.74, 6) is 5.97. The van der Waals surface area contributed by atoms with Gasteiger partial charge in [0, 0.05) is 17.3 Å². The van der Waals surface area contributed by atoms with E-state index in [-0.39, 0.29) is 5.69 Å². The first-order valence-corrected chi connectivity index (χ1v) is 4.80. The summed E-state index contributed by atoms with van der Waals surface area (Å²) in [6, 6.07) is 13.0. The molecule has 0 unspecified atom stereocenters. The Bertz CT molecular complexity index is 550. The lowest BCUT2D eigenvalue weighted by molar-refractivity contribution is 0.561. The van der Waals surface area contributed by atoms with Gasteiger partial charge >= 0.3 is 0 Å². The van der Waals surface area contributed by atoms with Gasteiger partial charge in [-0.25, -0.2) is 0 Å². The minimum atomic E-state index is 0.278. The zero-order valence-electron chi connectivity index (χ0n) is 8.47. The number of benzene rings is 1. The first kappa shape index (κ1) is 10.1. The van der Waals surface area contributed by atoms with E-state index in [2.05, 4.69) is 16.8 Å². The molecular weight excluding hydrogens is 198 g/mol. The number of rotatable bonds is 1. The van der Waals surface area contributed by atoms with Crippen LogP contribution < -0.4 is 0 Å². The lowest BCUT2D eigenvalue weighted by Gasteiger charge is -1.90. The lowest BCUT2D eigenvalue weighted by atomic mass is 10.2. The van der Waals surface area contributed by atoms with Gasteiger partial charge in [0.05, 0.1) is 0 Å². The van der Waals surface area contributed by atoms with Crippen molar-refractivity contribution in [2.75, 3.05) is 0 Å². The molecule has 0 saturated carbocycles. The molecule has 0 fully saturated rings. The van der Waals surface area contributed by atoms with Gasteiger partial charge in [0.25, 0.3) is 6.29 Å². The maximum absolute atomic E-state index is 10.4. The highest BCUT2D eigenvalue weighted by Crippen LogP contribution is 2.00. The van der Waals surface area contributed by atoms with Crippen LogP contribution in [0.5, 0.6) is 0 Å². The van der Waals surface area contributed by atoms with Crippen LogP contribution in [-0.2, 0) is 4.79 Å². The molecule has 0 aliphatic rings. The van der Waals surface area contributed by atoms with Crippen molar-refractivity contribution in [3.63, 3.8) is 0 Å². The predicted molar refractivity (Wildman–Crippen MR) is 61.5 cm³/mol. The molecule has 2 rings (SSSR count). The molecule has 2 heteroatoms. The first-order valence-electron chi connectivity index (χ1n) is 4.80. The lowest BCUT2D eigenvalue weighted by Crippen LogP contribution is -1.86. The molecule has 2 aromatic rings. The highest BCUT2D eigenvalue weighted by atomic mass is 16.1. The summed E-state index contributed by atoms with van der Waals surface area (Å²) in [4.78, 5) is 14.2. The summed E-state index contributed by atoms with van der Waals surface area (Å²) < 4.78 is 0. The summed E-state index contributed by atoms with van der Waals surface area (Å²) in [6.07, 6.45) is 3.29. The second kappa shape index (κ2) is 4.90. The van der Waals surface area contributed by atoms with Gasteiger partial charge in [-0.2, -0.15) is 0 Å². The fraction of sp³-hybridized carbons (Fsp3) is 0. The van der Waals surface area contributed by atoms with E-state index in [0.29, 0.717) is 0 Å². The molecule has 1 aromatic carbocycles. The van der Waals surface area contributed by atoms with E-state index < -0.39 is 0 Å². The van der Waals surface area contributed by atoms with E-state index in [0.717, 1.165) is 11.1 Å². The molecule has 2 nitrogen and oxygen atoms in total. The van der Waals surface area contributed by atoms with Gasteiger partial charge in [0.2, 0.25) is 0 Å². The van der Waals surface area contributed by atoms with Gasteiger partial charge in [-0.3, -0.25) is 9.78 Å². The quantitative estimate of drug-likeness (QED) is 0.667. The third-order valence-corrected chi connectivity index (χ3v) is 1.99. The van der Waals surface area contributed by atoms with Crippen molar-refractivity contribution in [1.29, 1.82) is 0 Å². The molecule has 0 aliphatic heterocycles. The summed E-state index contributed by atoms with van der Waals surface area (Å²) >= 11 is 0. The first-order chi connectivity index (χ1) is 7.88. The molecule has 0 bridgehead atoms. The van der Waals surface area contributed by atoms with Crippen LogP contribution in [0.15, 0.2) is 48.7 Å². The fourth-order valence-corrected chi connectivity index (χ4v) is 1.23. The van der Waals surface area contributed by atoms with Crippen LogP contribution in [0.4, 0.5) is 0 Å². The number of hydrogen-bond donors (Lipinski definition) is 0. The third kappa shape index (κ3) is 2.55. The maximum atomic E-state index is 10.4. The van der Waals surface area contributed by atoms with Crippen molar-refractivity contribution in [3.05, 3.63) is 65.5 Å². The average molecular weight is 206 g/mol. The number of pyridine rings is 1. The zero-order valence-corrected chi connectivity index (χ0v) is 8.47. The molecule has 1 aromatic heterocycles. The van der Waals surface area contributed by atoms with E-state index in [1.807, 2.05) is 30.3 Å². The molecule has 0 saturated heterocycles. The molecule has 1 heterocycles. The van der Waals surface area contributed by atoms with Gasteiger partial charge < -0.3 is 0 Å². The highest BCUT2D eigenvalue weighted by molar-refractivity contribution is 5.72. The van der Waals surface area contributed by atoms with Gasteiger partial charge in [-0.05, 0) is 24.3 Å². The molecule has 0 amide bonds. The number of nitrogens with zero attached hydrogens (tertiary/aromatic N) is 1. The number of aromatic nitrogens is 1. The number of carbonyl (C=O) groups excluding carboxylic acids is 1. The molecule has 0 aliphatic carbocycles. The van der Waals surface area contributed by atoms with Crippen LogP contribution >= 0.6 is 0 Å². The van der Waals surface area contributed by atoms with Gasteiger partial charge in [0.15, 0.2) is 0 Å². The Morgan fingerprint density at radius 2 is 1.69 bits per heavy atom. The summed E-state index contributed by atoms with van der Waals surface area (Å²) in [5.41, 5.74) is 1.98. The van der Waals surface area contributed by atoms with Crippen molar-refractivity contribution in [3.8, 4) is 11.8 Å². The van der Waals surface area contributed by atoms with Crippen LogP contribution in [0.25, 0.3) is 0 Å². The molecular formula is C14H8NO. The van der Waals surface area contributed by atoms with Gasteiger partial charge in [-0.1, -0.05) is 30.0 Å². The average Bonchev–Trinajstić information content (AvgIpc) is 2.38. The molecule has 0 atom stereocenters. The number of hydrogen-bond acceptors (Lipinski definition) is 2. The second-order valence-corrected chi connectivity index (χ2v) is 3.15. The third-order valence-electron chi connectivity index (χ3n) is 1.99. The van der Waals surface area contributed by atoms with Crippen LogP contribution in [0, 0.1) is 11.8 Å². The van der Waals surface area contributed by atoms with Crippen molar-refractivity contribution in [1.82, 2.24) is 4.98 Å². The zero-order chi connectivity index (χ0) is 11.2. The molecule has 1 radical (unpaired) electrons. The second-order valence-electron chi connectivity index (χ2n) is 3.15. The Morgan fingerprint density at radius 1 is 0.938 bits per heavy atom. The van der Waals surface area contributed by atoms with Crippen molar-refractivity contribution in [2.45, 2.75) is 0 Å². The molecule has 0 spiro atoms. The predicted octanol–water partition coefficient (Wildman–Crippen LogP) is 1.94. The Labute approximate surface area is 94.0 Å². The van der Waals surface area contributed by atoms with Crippen LogP contribution in [0.3, 0.4) is 0 Å². The van der Waals surface area contributed by atoms with Crippen LogP contribution in [-0.4, -0.2) is 11.3 Å².